The van der Waals surface area contributed by atoms with E-state index in [9.17, 15) is 4.79 Å². The van der Waals surface area contributed by atoms with E-state index in [-0.39, 0.29) is 23.4 Å². The first-order valence-electron chi connectivity index (χ1n) is 7.17. The Morgan fingerprint density at radius 3 is 2.94 bits per heavy atom. The van der Waals surface area contributed by atoms with E-state index in [1.165, 1.54) is 0 Å². The molecule has 4 nitrogen and oxygen atoms in total. The van der Waals surface area contributed by atoms with Crippen LogP contribution in [-0.4, -0.2) is 24.0 Å². The third kappa shape index (κ3) is 2.51. The second kappa shape index (κ2) is 5.71. The lowest BCUT2D eigenvalue weighted by Crippen LogP contribution is -2.56. The van der Waals surface area contributed by atoms with Gasteiger partial charge in [-0.2, -0.15) is 5.26 Å². The van der Waals surface area contributed by atoms with Gasteiger partial charge >= 0.3 is 0 Å². The Labute approximate surface area is 109 Å². The van der Waals surface area contributed by atoms with Gasteiger partial charge in [0.25, 0.3) is 0 Å². The van der Waals surface area contributed by atoms with Gasteiger partial charge in [0.05, 0.1) is 17.5 Å². The highest BCUT2D eigenvalue weighted by atomic mass is 16.2. The molecular weight excluding hydrogens is 226 g/mol. The van der Waals surface area contributed by atoms with Crippen molar-refractivity contribution in [3.8, 4) is 6.07 Å². The highest BCUT2D eigenvalue weighted by Crippen LogP contribution is 2.28. The summed E-state index contributed by atoms with van der Waals surface area (Å²) in [6.07, 6.45) is 6.82. The lowest BCUT2D eigenvalue weighted by Gasteiger charge is -2.30. The minimum Gasteiger partial charge on any atom is -0.350 e. The molecule has 2 aliphatic rings. The summed E-state index contributed by atoms with van der Waals surface area (Å²) in [5.74, 6) is 0.128. The van der Waals surface area contributed by atoms with Crippen LogP contribution in [0.1, 0.15) is 51.9 Å². The molecule has 0 radical (unpaired) electrons. The summed E-state index contributed by atoms with van der Waals surface area (Å²) < 4.78 is 0. The third-order valence-electron chi connectivity index (χ3n) is 4.35. The summed E-state index contributed by atoms with van der Waals surface area (Å²) in [6, 6.07) is 2.39. The summed E-state index contributed by atoms with van der Waals surface area (Å²) in [6.45, 7) is 3.04. The van der Waals surface area contributed by atoms with Gasteiger partial charge in [-0.15, -0.1) is 0 Å². The average Bonchev–Trinajstić information content (AvgIpc) is 2.99. The minimum absolute atomic E-state index is 0.00836. The summed E-state index contributed by atoms with van der Waals surface area (Å²) in [7, 11) is 0. The van der Waals surface area contributed by atoms with Crippen LogP contribution in [0.25, 0.3) is 0 Å². The fraction of sp³-hybridized carbons (Fsp3) is 0.857. The zero-order valence-corrected chi connectivity index (χ0v) is 11.2. The summed E-state index contributed by atoms with van der Waals surface area (Å²) in [5.41, 5.74) is -0.364. The zero-order valence-electron chi connectivity index (χ0n) is 11.2. The number of nitriles is 1. The van der Waals surface area contributed by atoms with Gasteiger partial charge in [0, 0.05) is 6.04 Å². The van der Waals surface area contributed by atoms with Crippen molar-refractivity contribution in [2.24, 2.45) is 5.92 Å². The molecule has 1 amide bonds. The molecule has 100 valence electrons. The molecule has 1 aliphatic carbocycles. The second-order valence-corrected chi connectivity index (χ2v) is 5.61. The Morgan fingerprint density at radius 1 is 1.50 bits per heavy atom. The van der Waals surface area contributed by atoms with E-state index in [0.717, 1.165) is 51.5 Å². The maximum atomic E-state index is 12.5. The molecule has 1 saturated heterocycles. The lowest BCUT2D eigenvalue weighted by atomic mass is 9.90. The van der Waals surface area contributed by atoms with Gasteiger partial charge in [-0.3, -0.25) is 4.79 Å². The number of hydrogen-bond acceptors (Lipinski definition) is 3. The molecule has 1 heterocycles. The Kier molecular flexibility index (Phi) is 4.23. The first-order chi connectivity index (χ1) is 8.72. The Hall–Kier alpha value is -1.08. The van der Waals surface area contributed by atoms with Crippen LogP contribution in [0.4, 0.5) is 0 Å². The average molecular weight is 249 g/mol. The van der Waals surface area contributed by atoms with Crippen LogP contribution in [0.2, 0.25) is 0 Å². The largest absolute Gasteiger partial charge is 0.350 e. The van der Waals surface area contributed by atoms with Crippen molar-refractivity contribution < 1.29 is 4.79 Å². The van der Waals surface area contributed by atoms with Gasteiger partial charge in [-0.05, 0) is 45.1 Å². The highest BCUT2D eigenvalue weighted by Gasteiger charge is 2.41. The van der Waals surface area contributed by atoms with Crippen LogP contribution in [-0.2, 0) is 4.79 Å². The van der Waals surface area contributed by atoms with Gasteiger partial charge in [0.15, 0.2) is 0 Å². The van der Waals surface area contributed by atoms with Gasteiger partial charge in [0.2, 0.25) is 5.91 Å². The summed E-state index contributed by atoms with van der Waals surface area (Å²) in [4.78, 5) is 12.5. The molecule has 1 aliphatic heterocycles. The van der Waals surface area contributed by atoms with Gasteiger partial charge in [-0.25, -0.2) is 0 Å². The molecule has 18 heavy (non-hydrogen) atoms. The number of hydrogen-bond donors (Lipinski definition) is 2. The van der Waals surface area contributed by atoms with E-state index < -0.39 is 0 Å². The lowest BCUT2D eigenvalue weighted by molar-refractivity contribution is -0.128. The van der Waals surface area contributed by atoms with Crippen molar-refractivity contribution >= 4 is 5.91 Å². The monoisotopic (exact) mass is 249 g/mol. The van der Waals surface area contributed by atoms with Gasteiger partial charge < -0.3 is 10.6 Å². The van der Waals surface area contributed by atoms with E-state index in [0.29, 0.717) is 0 Å². The van der Waals surface area contributed by atoms with E-state index in [1.54, 1.807) is 0 Å². The first-order valence-corrected chi connectivity index (χ1v) is 7.17. The number of nitrogens with one attached hydrogen (secondary N) is 2. The Morgan fingerprint density at radius 2 is 2.33 bits per heavy atom. The predicted octanol–water partition coefficient (Wildman–Crippen LogP) is 1.72. The van der Waals surface area contributed by atoms with Gasteiger partial charge in [0.1, 0.15) is 0 Å². The van der Waals surface area contributed by atoms with Crippen LogP contribution in [0.5, 0.6) is 0 Å². The molecule has 2 N–H and O–H groups in total. The normalized spacial score (nSPS) is 35.3. The molecule has 0 aromatic heterocycles. The molecule has 0 spiro atoms. The zero-order chi connectivity index (χ0) is 13.0. The minimum atomic E-state index is -0.364. The Balaban J connectivity index is 1.99. The molecule has 0 aromatic rings. The quantitative estimate of drug-likeness (QED) is 0.797. The van der Waals surface area contributed by atoms with E-state index in [1.807, 2.05) is 0 Å². The van der Waals surface area contributed by atoms with Crippen LogP contribution < -0.4 is 10.6 Å². The van der Waals surface area contributed by atoms with Crippen molar-refractivity contribution in [1.82, 2.24) is 10.6 Å². The first kappa shape index (κ1) is 13.4. The molecule has 4 heteroatoms. The van der Waals surface area contributed by atoms with Gasteiger partial charge in [-0.1, -0.05) is 13.3 Å². The molecule has 3 unspecified atom stereocenters. The fourth-order valence-electron chi connectivity index (χ4n) is 3.35. The molecular formula is C14H23N3O. The van der Waals surface area contributed by atoms with Crippen molar-refractivity contribution in [2.75, 3.05) is 6.54 Å². The van der Waals surface area contributed by atoms with E-state index in [4.69, 9.17) is 5.26 Å². The van der Waals surface area contributed by atoms with Crippen molar-refractivity contribution in [3.05, 3.63) is 0 Å². The fourth-order valence-corrected chi connectivity index (χ4v) is 3.35. The molecule has 3 atom stereocenters. The molecule has 2 rings (SSSR count). The third-order valence-corrected chi connectivity index (χ3v) is 4.35. The van der Waals surface area contributed by atoms with E-state index >= 15 is 0 Å². The smallest absolute Gasteiger partial charge is 0.240 e. The van der Waals surface area contributed by atoms with Crippen LogP contribution in [0, 0.1) is 17.2 Å². The van der Waals surface area contributed by atoms with Crippen molar-refractivity contribution in [3.63, 3.8) is 0 Å². The Bertz CT molecular complexity index is 341. The van der Waals surface area contributed by atoms with Crippen molar-refractivity contribution in [1.29, 1.82) is 5.26 Å². The molecule has 1 saturated carbocycles. The molecule has 0 aromatic carbocycles. The highest BCUT2D eigenvalue weighted by molar-refractivity contribution is 5.87. The van der Waals surface area contributed by atoms with Crippen LogP contribution >= 0.6 is 0 Å². The number of carbonyl (C=O) groups excluding carboxylic acids is 1. The van der Waals surface area contributed by atoms with Crippen molar-refractivity contribution in [2.45, 2.75) is 63.5 Å². The predicted molar refractivity (Wildman–Crippen MR) is 69.8 cm³/mol. The standard InChI is InChI=1S/C14H23N3O/c1-2-7-14(8-4-9-16-14)13(18)17-12-6-3-5-11(12)10-15/h11-12,16H,2-9H2,1H3,(H,17,18). The van der Waals surface area contributed by atoms with Crippen LogP contribution in [0.3, 0.4) is 0 Å². The maximum Gasteiger partial charge on any atom is 0.240 e. The van der Waals surface area contributed by atoms with E-state index in [2.05, 4.69) is 23.6 Å². The summed E-state index contributed by atoms with van der Waals surface area (Å²) in [5, 5.41) is 15.6. The second-order valence-electron chi connectivity index (χ2n) is 5.61. The topological polar surface area (TPSA) is 64.9 Å². The van der Waals surface area contributed by atoms with Crippen LogP contribution in [0.15, 0.2) is 0 Å². The number of nitrogens with zero attached hydrogens (tertiary/aromatic N) is 1. The SMILES string of the molecule is CCCC1(C(=O)NC2CCCC2C#N)CCCN1. The number of amides is 1. The molecule has 0 bridgehead atoms. The number of rotatable bonds is 4. The molecule has 2 fully saturated rings. The number of carbonyl (C=O) groups is 1. The summed E-state index contributed by atoms with van der Waals surface area (Å²) >= 11 is 0. The maximum absolute atomic E-state index is 12.5.